The quantitative estimate of drug-likeness (QED) is 0.776. The van der Waals surface area contributed by atoms with Crippen LogP contribution >= 0.6 is 0 Å². The number of methoxy groups -OCH3 is 1. The van der Waals surface area contributed by atoms with E-state index in [0.29, 0.717) is 19.0 Å². The number of carbonyl (C=O) groups excluding carboxylic acids is 1. The van der Waals surface area contributed by atoms with Crippen molar-refractivity contribution in [3.63, 3.8) is 0 Å². The molecular weight excluding hydrogens is 252 g/mol. The van der Waals surface area contributed by atoms with Gasteiger partial charge in [-0.2, -0.15) is 0 Å². The lowest BCUT2D eigenvalue weighted by atomic mass is 10.1. The fraction of sp³-hybridized carbons (Fsp3) is 0.562. The first-order chi connectivity index (χ1) is 9.74. The Bertz CT molecular complexity index is 448. The van der Waals surface area contributed by atoms with E-state index < -0.39 is 0 Å². The summed E-state index contributed by atoms with van der Waals surface area (Å²) in [6.07, 6.45) is 2.69. The third-order valence-electron chi connectivity index (χ3n) is 3.84. The van der Waals surface area contributed by atoms with E-state index in [9.17, 15) is 4.79 Å². The normalized spacial score (nSPS) is 18.6. The maximum absolute atomic E-state index is 12.1. The van der Waals surface area contributed by atoms with E-state index in [2.05, 4.69) is 18.3 Å². The van der Waals surface area contributed by atoms with Gasteiger partial charge in [0, 0.05) is 19.0 Å². The standard InChI is InChI=1S/C16H24N2O2/c1-3-17-10-9-14-7-8-16(19)18(14)12-13-5-4-6-15(11-13)20-2/h4-6,11,14,17H,3,7-10,12H2,1-2H3/t14-/m1/s1. The number of rotatable bonds is 7. The molecule has 1 heterocycles. The van der Waals surface area contributed by atoms with Crippen LogP contribution in [0.4, 0.5) is 0 Å². The summed E-state index contributed by atoms with van der Waals surface area (Å²) >= 11 is 0. The van der Waals surface area contributed by atoms with Crippen LogP contribution in [0.2, 0.25) is 0 Å². The molecule has 1 aromatic rings. The van der Waals surface area contributed by atoms with Gasteiger partial charge in [-0.1, -0.05) is 19.1 Å². The molecule has 4 heteroatoms. The molecule has 2 rings (SSSR count). The monoisotopic (exact) mass is 276 g/mol. The Kier molecular flexibility index (Phi) is 5.41. The summed E-state index contributed by atoms with van der Waals surface area (Å²) in [7, 11) is 1.67. The highest BCUT2D eigenvalue weighted by Gasteiger charge is 2.30. The van der Waals surface area contributed by atoms with Crippen molar-refractivity contribution >= 4 is 5.91 Å². The predicted octanol–water partition coefficient (Wildman–Crippen LogP) is 2.19. The van der Waals surface area contributed by atoms with E-state index in [-0.39, 0.29) is 5.91 Å². The van der Waals surface area contributed by atoms with Crippen LogP contribution in [0.3, 0.4) is 0 Å². The van der Waals surface area contributed by atoms with Crippen molar-refractivity contribution in [2.45, 2.75) is 38.8 Å². The number of nitrogens with one attached hydrogen (secondary N) is 1. The van der Waals surface area contributed by atoms with Gasteiger partial charge in [0.1, 0.15) is 5.75 Å². The van der Waals surface area contributed by atoms with Crippen LogP contribution in [-0.2, 0) is 11.3 Å². The zero-order valence-electron chi connectivity index (χ0n) is 12.4. The van der Waals surface area contributed by atoms with Crippen molar-refractivity contribution in [3.05, 3.63) is 29.8 Å². The smallest absolute Gasteiger partial charge is 0.223 e. The first-order valence-corrected chi connectivity index (χ1v) is 7.37. The van der Waals surface area contributed by atoms with E-state index in [1.807, 2.05) is 23.1 Å². The molecule has 1 amide bonds. The first kappa shape index (κ1) is 14.9. The Morgan fingerprint density at radius 3 is 3.05 bits per heavy atom. The molecule has 1 atom stereocenters. The number of amides is 1. The van der Waals surface area contributed by atoms with E-state index >= 15 is 0 Å². The molecule has 1 aromatic carbocycles. The molecule has 1 saturated heterocycles. The van der Waals surface area contributed by atoms with Gasteiger partial charge in [0.05, 0.1) is 7.11 Å². The SMILES string of the molecule is CCNCC[C@H]1CCC(=O)N1Cc1cccc(OC)c1. The van der Waals surface area contributed by atoms with Crippen LogP contribution in [-0.4, -0.2) is 37.0 Å². The van der Waals surface area contributed by atoms with Gasteiger partial charge in [0.15, 0.2) is 0 Å². The highest BCUT2D eigenvalue weighted by molar-refractivity contribution is 5.78. The molecule has 0 radical (unpaired) electrons. The van der Waals surface area contributed by atoms with Gasteiger partial charge >= 0.3 is 0 Å². The van der Waals surface area contributed by atoms with Crippen molar-refractivity contribution in [1.82, 2.24) is 10.2 Å². The minimum absolute atomic E-state index is 0.273. The van der Waals surface area contributed by atoms with Gasteiger partial charge in [-0.25, -0.2) is 0 Å². The molecule has 20 heavy (non-hydrogen) atoms. The minimum atomic E-state index is 0.273. The number of hydrogen-bond donors (Lipinski definition) is 1. The Labute approximate surface area is 121 Å². The van der Waals surface area contributed by atoms with Gasteiger partial charge in [0.25, 0.3) is 0 Å². The molecule has 4 nitrogen and oxygen atoms in total. The summed E-state index contributed by atoms with van der Waals surface area (Å²) in [6, 6.07) is 8.33. The van der Waals surface area contributed by atoms with Crippen LogP contribution < -0.4 is 10.1 Å². The van der Waals surface area contributed by atoms with Crippen LogP contribution in [0.5, 0.6) is 5.75 Å². The van der Waals surface area contributed by atoms with Gasteiger partial charge in [-0.15, -0.1) is 0 Å². The fourth-order valence-corrected chi connectivity index (χ4v) is 2.72. The van der Waals surface area contributed by atoms with Gasteiger partial charge in [-0.05, 0) is 43.6 Å². The second kappa shape index (κ2) is 7.29. The molecule has 0 saturated carbocycles. The maximum atomic E-state index is 12.1. The Balaban J connectivity index is 1.98. The lowest BCUT2D eigenvalue weighted by Crippen LogP contribution is -2.34. The second-order valence-corrected chi connectivity index (χ2v) is 5.21. The van der Waals surface area contributed by atoms with Crippen molar-refractivity contribution in [2.75, 3.05) is 20.2 Å². The number of carbonyl (C=O) groups is 1. The third-order valence-corrected chi connectivity index (χ3v) is 3.84. The predicted molar refractivity (Wildman–Crippen MR) is 79.7 cm³/mol. The van der Waals surface area contributed by atoms with Crippen molar-refractivity contribution in [1.29, 1.82) is 0 Å². The highest BCUT2D eigenvalue weighted by Crippen LogP contribution is 2.24. The molecule has 0 aromatic heterocycles. The maximum Gasteiger partial charge on any atom is 0.223 e. The van der Waals surface area contributed by atoms with E-state index in [1.54, 1.807) is 7.11 Å². The molecule has 1 N–H and O–H groups in total. The van der Waals surface area contributed by atoms with E-state index in [4.69, 9.17) is 4.74 Å². The molecular formula is C16H24N2O2. The van der Waals surface area contributed by atoms with Crippen LogP contribution in [0.1, 0.15) is 31.7 Å². The Morgan fingerprint density at radius 1 is 1.45 bits per heavy atom. The number of likely N-dealkylation sites (tertiary alicyclic amines) is 1. The molecule has 1 aliphatic rings. The van der Waals surface area contributed by atoms with Gasteiger partial charge in [0.2, 0.25) is 5.91 Å². The second-order valence-electron chi connectivity index (χ2n) is 5.21. The molecule has 0 spiro atoms. The fourth-order valence-electron chi connectivity index (χ4n) is 2.72. The van der Waals surface area contributed by atoms with Crippen LogP contribution in [0.25, 0.3) is 0 Å². The Hall–Kier alpha value is -1.55. The molecule has 1 aliphatic heterocycles. The van der Waals surface area contributed by atoms with Crippen LogP contribution in [0.15, 0.2) is 24.3 Å². The molecule has 1 fully saturated rings. The average Bonchev–Trinajstić information content (AvgIpc) is 2.81. The summed E-state index contributed by atoms with van der Waals surface area (Å²) in [5.41, 5.74) is 1.13. The van der Waals surface area contributed by atoms with Gasteiger partial charge < -0.3 is 15.0 Å². The number of nitrogens with zero attached hydrogens (tertiary/aromatic N) is 1. The largest absolute Gasteiger partial charge is 0.497 e. The summed E-state index contributed by atoms with van der Waals surface area (Å²) in [5.74, 6) is 1.12. The lowest BCUT2D eigenvalue weighted by molar-refractivity contribution is -0.129. The summed E-state index contributed by atoms with van der Waals surface area (Å²) < 4.78 is 5.24. The van der Waals surface area contributed by atoms with Crippen molar-refractivity contribution in [3.8, 4) is 5.75 Å². The average molecular weight is 276 g/mol. The number of ether oxygens (including phenoxy) is 1. The molecule has 0 aliphatic carbocycles. The highest BCUT2D eigenvalue weighted by atomic mass is 16.5. The first-order valence-electron chi connectivity index (χ1n) is 7.37. The minimum Gasteiger partial charge on any atom is -0.497 e. The number of hydrogen-bond acceptors (Lipinski definition) is 3. The zero-order chi connectivity index (χ0) is 14.4. The third kappa shape index (κ3) is 3.73. The van der Waals surface area contributed by atoms with Gasteiger partial charge in [-0.3, -0.25) is 4.79 Å². The molecule has 110 valence electrons. The van der Waals surface area contributed by atoms with E-state index in [1.165, 1.54) is 0 Å². The number of benzene rings is 1. The zero-order valence-corrected chi connectivity index (χ0v) is 12.4. The van der Waals surface area contributed by atoms with E-state index in [0.717, 1.165) is 37.2 Å². The summed E-state index contributed by atoms with van der Waals surface area (Å²) in [5, 5.41) is 3.33. The Morgan fingerprint density at radius 2 is 2.30 bits per heavy atom. The lowest BCUT2D eigenvalue weighted by Gasteiger charge is -2.25. The summed E-state index contributed by atoms with van der Waals surface area (Å²) in [4.78, 5) is 14.1. The topological polar surface area (TPSA) is 41.6 Å². The molecule has 0 unspecified atom stereocenters. The van der Waals surface area contributed by atoms with Crippen molar-refractivity contribution < 1.29 is 9.53 Å². The summed E-state index contributed by atoms with van der Waals surface area (Å²) in [6.45, 7) is 4.75. The molecule has 0 bridgehead atoms. The van der Waals surface area contributed by atoms with Crippen LogP contribution in [0, 0.1) is 0 Å². The van der Waals surface area contributed by atoms with Crippen molar-refractivity contribution in [2.24, 2.45) is 0 Å².